The minimum absolute atomic E-state index is 0.194. The van der Waals surface area contributed by atoms with Crippen molar-refractivity contribution >= 4 is 35.1 Å². The second-order valence-electron chi connectivity index (χ2n) is 6.84. The van der Waals surface area contributed by atoms with Crippen molar-refractivity contribution in [3.63, 3.8) is 0 Å². The molecular weight excluding hydrogens is 406 g/mol. The molecule has 6 heteroatoms. The highest BCUT2D eigenvalue weighted by Crippen LogP contribution is 2.19. The van der Waals surface area contributed by atoms with E-state index in [1.54, 1.807) is 29.7 Å². The summed E-state index contributed by atoms with van der Waals surface area (Å²) in [7, 11) is 0. The number of carbonyl (C=O) groups is 1. The molecule has 154 valence electrons. The van der Waals surface area contributed by atoms with Gasteiger partial charge in [0.25, 0.3) is 5.91 Å². The van der Waals surface area contributed by atoms with Gasteiger partial charge < -0.3 is 10.1 Å². The van der Waals surface area contributed by atoms with Crippen molar-refractivity contribution in [2.24, 2.45) is 0 Å². The van der Waals surface area contributed by atoms with Crippen LogP contribution < -0.4 is 10.1 Å². The Morgan fingerprint density at radius 3 is 2.77 bits per heavy atom. The third-order valence-corrected chi connectivity index (χ3v) is 5.25. The van der Waals surface area contributed by atoms with Crippen LogP contribution >= 0.6 is 11.3 Å². The van der Waals surface area contributed by atoms with Gasteiger partial charge in [0.2, 0.25) is 0 Å². The number of amides is 1. The molecule has 31 heavy (non-hydrogen) atoms. The fraction of sp³-hybridized carbons (Fsp3) is 0.0800. The third-order valence-electron chi connectivity index (χ3n) is 4.43. The van der Waals surface area contributed by atoms with E-state index in [-0.39, 0.29) is 5.91 Å². The van der Waals surface area contributed by atoms with Gasteiger partial charge >= 0.3 is 0 Å². The van der Waals surface area contributed by atoms with Crippen molar-refractivity contribution in [3.05, 3.63) is 106 Å². The van der Waals surface area contributed by atoms with Crippen LogP contribution in [0, 0.1) is 6.92 Å². The number of benzene rings is 2. The fourth-order valence-corrected chi connectivity index (χ4v) is 3.54. The van der Waals surface area contributed by atoms with Gasteiger partial charge in [0.15, 0.2) is 0 Å². The van der Waals surface area contributed by atoms with Crippen LogP contribution in [0.4, 0.5) is 5.69 Å². The zero-order valence-corrected chi connectivity index (χ0v) is 17.8. The smallest absolute Gasteiger partial charge is 0.255 e. The predicted molar refractivity (Wildman–Crippen MR) is 125 cm³/mol. The van der Waals surface area contributed by atoms with Crippen molar-refractivity contribution in [2.45, 2.75) is 13.5 Å². The van der Waals surface area contributed by atoms with Gasteiger partial charge in [0.1, 0.15) is 12.4 Å². The van der Waals surface area contributed by atoms with E-state index in [2.05, 4.69) is 15.3 Å². The molecule has 1 amide bonds. The second-order valence-corrected chi connectivity index (χ2v) is 7.90. The van der Waals surface area contributed by atoms with Crippen LogP contribution in [0.15, 0.2) is 78.3 Å². The van der Waals surface area contributed by atoms with Crippen LogP contribution in [0.5, 0.6) is 5.75 Å². The first-order chi connectivity index (χ1) is 15.2. The van der Waals surface area contributed by atoms with Gasteiger partial charge in [0.05, 0.1) is 16.4 Å². The molecule has 2 heterocycles. The van der Waals surface area contributed by atoms with Crippen LogP contribution in [-0.4, -0.2) is 15.9 Å². The molecule has 4 aromatic rings. The van der Waals surface area contributed by atoms with Crippen molar-refractivity contribution in [3.8, 4) is 5.75 Å². The molecule has 0 unspecified atom stereocenters. The van der Waals surface area contributed by atoms with E-state index < -0.39 is 0 Å². The quantitative estimate of drug-likeness (QED) is 0.402. The Kier molecular flexibility index (Phi) is 6.50. The van der Waals surface area contributed by atoms with E-state index in [0.717, 1.165) is 27.6 Å². The molecule has 2 aromatic carbocycles. The largest absolute Gasteiger partial charge is 0.487 e. The molecule has 2 aromatic heterocycles. The third kappa shape index (κ3) is 5.87. The number of aromatic nitrogens is 2. The Labute approximate surface area is 185 Å². The summed E-state index contributed by atoms with van der Waals surface area (Å²) >= 11 is 1.59. The van der Waals surface area contributed by atoms with Gasteiger partial charge in [-0.2, -0.15) is 0 Å². The summed E-state index contributed by atoms with van der Waals surface area (Å²) in [6, 6.07) is 20.6. The van der Waals surface area contributed by atoms with Crippen LogP contribution in [0.3, 0.4) is 0 Å². The summed E-state index contributed by atoms with van der Waals surface area (Å²) < 4.78 is 5.79. The Morgan fingerprint density at radius 1 is 1.06 bits per heavy atom. The van der Waals surface area contributed by atoms with Crippen molar-refractivity contribution in [1.29, 1.82) is 0 Å². The van der Waals surface area contributed by atoms with E-state index in [0.29, 0.717) is 17.9 Å². The highest BCUT2D eigenvalue weighted by molar-refractivity contribution is 7.09. The average Bonchev–Trinajstić information content (AvgIpc) is 3.22. The minimum atomic E-state index is -0.194. The first kappa shape index (κ1) is 20.5. The van der Waals surface area contributed by atoms with Crippen LogP contribution in [0.25, 0.3) is 12.2 Å². The minimum Gasteiger partial charge on any atom is -0.487 e. The molecule has 0 aliphatic carbocycles. The maximum atomic E-state index is 12.7. The molecule has 0 atom stereocenters. The second kappa shape index (κ2) is 9.82. The lowest BCUT2D eigenvalue weighted by molar-refractivity contribution is 0.102. The van der Waals surface area contributed by atoms with Gasteiger partial charge in [-0.3, -0.25) is 9.78 Å². The van der Waals surface area contributed by atoms with E-state index in [1.807, 2.05) is 79.1 Å². The first-order valence-electron chi connectivity index (χ1n) is 9.80. The zero-order valence-electron chi connectivity index (χ0n) is 17.0. The highest BCUT2D eigenvalue weighted by Gasteiger charge is 2.08. The number of nitrogens with zero attached hydrogens (tertiary/aromatic N) is 2. The summed E-state index contributed by atoms with van der Waals surface area (Å²) in [4.78, 5) is 21.4. The van der Waals surface area contributed by atoms with Gasteiger partial charge in [-0.25, -0.2) is 4.98 Å². The van der Waals surface area contributed by atoms with Crippen molar-refractivity contribution < 1.29 is 9.53 Å². The lowest BCUT2D eigenvalue weighted by atomic mass is 10.1. The molecule has 0 spiro atoms. The van der Waals surface area contributed by atoms with E-state index in [4.69, 9.17) is 4.74 Å². The monoisotopic (exact) mass is 427 g/mol. The SMILES string of the molecule is Cc1nc(COc2cccc(C(=O)Nc3cccc(/C=C/c4ccccn4)c3)c2)cs1. The van der Waals surface area contributed by atoms with E-state index in [9.17, 15) is 4.79 Å². The van der Waals surface area contributed by atoms with Gasteiger partial charge in [-0.1, -0.05) is 30.3 Å². The first-order valence-corrected chi connectivity index (χ1v) is 10.7. The van der Waals surface area contributed by atoms with Crippen LogP contribution in [0.1, 0.15) is 32.3 Å². The molecule has 0 aliphatic rings. The Hall–Kier alpha value is -3.77. The summed E-state index contributed by atoms with van der Waals surface area (Å²) in [5.41, 5.74) is 3.98. The lowest BCUT2D eigenvalue weighted by Crippen LogP contribution is -2.12. The summed E-state index contributed by atoms with van der Waals surface area (Å²) in [5, 5.41) is 5.92. The number of carbonyl (C=O) groups excluding carboxylic acids is 1. The van der Waals surface area contributed by atoms with Gasteiger partial charge in [-0.15, -0.1) is 11.3 Å². The molecule has 5 nitrogen and oxygen atoms in total. The molecule has 0 saturated carbocycles. The van der Waals surface area contributed by atoms with Crippen LogP contribution in [-0.2, 0) is 6.61 Å². The molecule has 0 aliphatic heterocycles. The number of anilines is 1. The van der Waals surface area contributed by atoms with Crippen LogP contribution in [0.2, 0.25) is 0 Å². The van der Waals surface area contributed by atoms with E-state index >= 15 is 0 Å². The molecule has 1 N–H and O–H groups in total. The Morgan fingerprint density at radius 2 is 1.97 bits per heavy atom. The summed E-state index contributed by atoms with van der Waals surface area (Å²) in [6.45, 7) is 2.34. The number of rotatable bonds is 7. The van der Waals surface area contributed by atoms with Crippen molar-refractivity contribution in [1.82, 2.24) is 9.97 Å². The number of thiazole rings is 1. The number of nitrogens with one attached hydrogen (secondary N) is 1. The number of pyridine rings is 1. The normalized spacial score (nSPS) is 10.9. The number of aryl methyl sites for hydroxylation is 1. The number of ether oxygens (including phenoxy) is 1. The molecule has 4 rings (SSSR count). The molecule has 0 fully saturated rings. The highest BCUT2D eigenvalue weighted by atomic mass is 32.1. The number of hydrogen-bond acceptors (Lipinski definition) is 5. The van der Waals surface area contributed by atoms with Gasteiger partial charge in [-0.05, 0) is 61.0 Å². The molecule has 0 bridgehead atoms. The summed E-state index contributed by atoms with van der Waals surface area (Å²) in [5.74, 6) is 0.436. The molecular formula is C25H21N3O2S. The maximum Gasteiger partial charge on any atom is 0.255 e. The topological polar surface area (TPSA) is 64.1 Å². The van der Waals surface area contributed by atoms with Gasteiger partial charge in [0, 0.05) is 22.8 Å². The molecule has 0 radical (unpaired) electrons. The Bertz CT molecular complexity index is 1200. The summed E-state index contributed by atoms with van der Waals surface area (Å²) in [6.07, 6.45) is 5.66. The zero-order chi connectivity index (χ0) is 21.5. The maximum absolute atomic E-state index is 12.7. The standard InChI is InChI=1S/C25H21N3O2S/c1-18-27-23(17-31-18)16-30-24-10-5-7-20(15-24)25(29)28-22-9-4-6-19(14-22)11-12-21-8-2-3-13-26-21/h2-15,17H,16H2,1H3,(H,28,29)/b12-11+. The van der Waals surface area contributed by atoms with E-state index in [1.165, 1.54) is 0 Å². The average molecular weight is 428 g/mol. The lowest BCUT2D eigenvalue weighted by Gasteiger charge is -2.09. The fourth-order valence-electron chi connectivity index (χ4n) is 2.94. The number of hydrogen-bond donors (Lipinski definition) is 1. The van der Waals surface area contributed by atoms with Crippen molar-refractivity contribution in [2.75, 3.05) is 5.32 Å². The predicted octanol–water partition coefficient (Wildman–Crippen LogP) is 5.85. The Balaban J connectivity index is 1.40. The molecule has 0 saturated heterocycles.